The van der Waals surface area contributed by atoms with Crippen molar-refractivity contribution in [3.8, 4) is 0 Å². The smallest absolute Gasteiger partial charge is 0.00418 e. The molecule has 2 saturated carbocycles. The predicted octanol–water partition coefficient (Wildman–Crippen LogP) is 8.34. The van der Waals surface area contributed by atoms with Gasteiger partial charge >= 0.3 is 0 Å². The number of rotatable bonds is 5. The van der Waals surface area contributed by atoms with E-state index in [4.69, 9.17) is 0 Å². The van der Waals surface area contributed by atoms with E-state index >= 15 is 0 Å². The maximum Gasteiger partial charge on any atom is -0.00418 e. The third-order valence-electron chi connectivity index (χ3n) is 9.65. The highest BCUT2D eigenvalue weighted by atomic mass is 14.6. The van der Waals surface area contributed by atoms with Crippen molar-refractivity contribution in [3.63, 3.8) is 0 Å². The van der Waals surface area contributed by atoms with E-state index in [1.807, 2.05) is 11.1 Å². The minimum absolute atomic E-state index is 0.470. The Labute approximate surface area is 169 Å². The summed E-state index contributed by atoms with van der Waals surface area (Å²) in [7, 11) is 0. The van der Waals surface area contributed by atoms with Gasteiger partial charge in [-0.1, -0.05) is 78.9 Å². The number of allylic oxidation sites excluding steroid dienone is 4. The molecule has 4 rings (SSSR count). The lowest BCUT2D eigenvalue weighted by Gasteiger charge is -2.56. The Morgan fingerprint density at radius 3 is 2.56 bits per heavy atom. The lowest BCUT2D eigenvalue weighted by Crippen LogP contribution is -2.46. The lowest BCUT2D eigenvalue weighted by molar-refractivity contribution is 0.0243. The molecule has 0 N–H and O–H groups in total. The van der Waals surface area contributed by atoms with Crippen LogP contribution in [0.1, 0.15) is 105 Å². The van der Waals surface area contributed by atoms with Gasteiger partial charge < -0.3 is 0 Å². The van der Waals surface area contributed by atoms with E-state index in [0.29, 0.717) is 10.8 Å². The van der Waals surface area contributed by atoms with E-state index in [-0.39, 0.29) is 0 Å². The molecule has 0 aromatic rings. The Hall–Kier alpha value is -0.520. The van der Waals surface area contributed by atoms with Gasteiger partial charge in [0.15, 0.2) is 0 Å². The van der Waals surface area contributed by atoms with Crippen LogP contribution in [0.25, 0.3) is 0 Å². The van der Waals surface area contributed by atoms with Gasteiger partial charge in [0.05, 0.1) is 0 Å². The first-order valence-corrected chi connectivity index (χ1v) is 12.3. The molecule has 0 aromatic heterocycles. The van der Waals surface area contributed by atoms with Gasteiger partial charge in [-0.15, -0.1) is 0 Å². The normalized spacial score (nSPS) is 42.1. The summed E-state index contributed by atoms with van der Waals surface area (Å²) in [5.41, 5.74) is 4.70. The zero-order valence-electron chi connectivity index (χ0n) is 18.8. The maximum absolute atomic E-state index is 2.72. The van der Waals surface area contributed by atoms with Gasteiger partial charge in [-0.3, -0.25) is 0 Å². The molecule has 4 aliphatic rings. The zero-order valence-corrected chi connectivity index (χ0v) is 18.8. The molecule has 0 aliphatic heterocycles. The minimum Gasteiger partial charge on any atom is -0.0804 e. The van der Waals surface area contributed by atoms with Crippen LogP contribution in [-0.4, -0.2) is 0 Å². The monoisotopic (exact) mass is 368 g/mol. The molecule has 152 valence electrons. The van der Waals surface area contributed by atoms with Crippen LogP contribution in [0.5, 0.6) is 0 Å². The summed E-state index contributed by atoms with van der Waals surface area (Å²) < 4.78 is 0. The number of hydrogen-bond acceptors (Lipinski definition) is 0. The zero-order chi connectivity index (χ0) is 19.2. The van der Waals surface area contributed by atoms with E-state index in [9.17, 15) is 0 Å². The average molecular weight is 369 g/mol. The molecule has 0 spiro atoms. The van der Waals surface area contributed by atoms with E-state index < -0.39 is 0 Å². The molecule has 0 nitrogen and oxygen atoms in total. The summed E-state index contributed by atoms with van der Waals surface area (Å²) in [6.45, 7) is 12.6. The maximum atomic E-state index is 2.72. The van der Waals surface area contributed by atoms with Gasteiger partial charge in [-0.05, 0) is 90.1 Å². The molecule has 2 fully saturated rings. The van der Waals surface area contributed by atoms with Gasteiger partial charge in [0.25, 0.3) is 0 Å². The Morgan fingerprint density at radius 1 is 0.963 bits per heavy atom. The molecule has 0 heterocycles. The highest BCUT2D eigenvalue weighted by molar-refractivity contribution is 5.46. The van der Waals surface area contributed by atoms with Crippen molar-refractivity contribution in [2.75, 3.05) is 0 Å². The van der Waals surface area contributed by atoms with Crippen LogP contribution >= 0.6 is 0 Å². The van der Waals surface area contributed by atoms with Gasteiger partial charge in [0.2, 0.25) is 0 Å². The van der Waals surface area contributed by atoms with Crippen LogP contribution in [0, 0.1) is 40.4 Å². The molecular weight excluding hydrogens is 324 g/mol. The first-order chi connectivity index (χ1) is 12.9. The van der Waals surface area contributed by atoms with Crippen LogP contribution in [0.4, 0.5) is 0 Å². The summed E-state index contributed by atoms with van der Waals surface area (Å²) in [5.74, 6) is 4.46. The molecular formula is C27H44. The van der Waals surface area contributed by atoms with Crippen LogP contribution < -0.4 is 0 Å². The molecule has 1 unspecified atom stereocenters. The number of hydrogen-bond donors (Lipinski definition) is 0. The fraction of sp³-hybridized carbons (Fsp3) is 0.852. The third kappa shape index (κ3) is 3.28. The lowest BCUT2D eigenvalue weighted by atomic mass is 9.49. The molecule has 27 heavy (non-hydrogen) atoms. The van der Waals surface area contributed by atoms with Crippen LogP contribution in [0.15, 0.2) is 23.3 Å². The average Bonchev–Trinajstić information content (AvgIpc) is 2.98. The largest absolute Gasteiger partial charge is 0.0804 e. The van der Waals surface area contributed by atoms with Crippen molar-refractivity contribution in [1.82, 2.24) is 0 Å². The Kier molecular flexibility index (Phi) is 5.41. The molecule has 4 aliphatic carbocycles. The SMILES string of the molecule is CC(C)CCC[C@H](C)[C@H]1CC=C2C3=CCC4CCCC[C@]4(C)[C@H]3CC[C@@]21C. The van der Waals surface area contributed by atoms with Gasteiger partial charge in [-0.2, -0.15) is 0 Å². The summed E-state index contributed by atoms with van der Waals surface area (Å²) >= 11 is 0. The third-order valence-corrected chi connectivity index (χ3v) is 9.65. The van der Waals surface area contributed by atoms with Gasteiger partial charge in [0.1, 0.15) is 0 Å². The summed E-state index contributed by atoms with van der Waals surface area (Å²) in [6.07, 6.45) is 21.2. The van der Waals surface area contributed by atoms with Crippen molar-refractivity contribution in [2.45, 2.75) is 105 Å². The van der Waals surface area contributed by atoms with Crippen molar-refractivity contribution >= 4 is 0 Å². The fourth-order valence-corrected chi connectivity index (χ4v) is 7.89. The van der Waals surface area contributed by atoms with Crippen molar-refractivity contribution in [2.24, 2.45) is 40.4 Å². The van der Waals surface area contributed by atoms with Gasteiger partial charge in [0, 0.05) is 0 Å². The quantitative estimate of drug-likeness (QED) is 0.457. The van der Waals surface area contributed by atoms with E-state index in [1.165, 1.54) is 70.6 Å². The molecule has 0 aromatic carbocycles. The molecule has 6 atom stereocenters. The Bertz CT molecular complexity index is 608. The summed E-state index contributed by atoms with van der Waals surface area (Å²) in [6, 6.07) is 0. The molecule has 0 bridgehead atoms. The number of fused-ring (bicyclic) bond motifs is 5. The molecule has 0 amide bonds. The van der Waals surface area contributed by atoms with Crippen LogP contribution in [0.3, 0.4) is 0 Å². The highest BCUT2D eigenvalue weighted by Gasteiger charge is 2.54. The van der Waals surface area contributed by atoms with E-state index in [0.717, 1.165) is 29.6 Å². The van der Waals surface area contributed by atoms with E-state index in [2.05, 4.69) is 46.8 Å². The van der Waals surface area contributed by atoms with E-state index in [1.54, 1.807) is 0 Å². The first-order valence-electron chi connectivity index (χ1n) is 12.3. The second-order valence-corrected chi connectivity index (χ2v) is 11.6. The van der Waals surface area contributed by atoms with Crippen LogP contribution in [0.2, 0.25) is 0 Å². The van der Waals surface area contributed by atoms with Crippen molar-refractivity contribution < 1.29 is 0 Å². The molecule has 0 saturated heterocycles. The van der Waals surface area contributed by atoms with Crippen molar-refractivity contribution in [1.29, 1.82) is 0 Å². The Balaban J connectivity index is 1.52. The highest BCUT2D eigenvalue weighted by Crippen LogP contribution is 2.65. The fourth-order valence-electron chi connectivity index (χ4n) is 7.89. The van der Waals surface area contributed by atoms with Crippen molar-refractivity contribution in [3.05, 3.63) is 23.3 Å². The van der Waals surface area contributed by atoms with Gasteiger partial charge in [-0.25, -0.2) is 0 Å². The predicted molar refractivity (Wildman–Crippen MR) is 118 cm³/mol. The summed E-state index contributed by atoms with van der Waals surface area (Å²) in [5, 5.41) is 0. The second kappa shape index (κ2) is 7.38. The second-order valence-electron chi connectivity index (χ2n) is 11.6. The first kappa shape index (κ1) is 19.8. The molecule has 0 heteroatoms. The topological polar surface area (TPSA) is 0 Å². The standard InChI is InChI=1S/C27H44/c1-19(2)9-8-10-20(3)23-14-15-24-22-13-12-21-11-6-7-17-26(21,4)25(22)16-18-27(23,24)5/h13,15,19-21,23,25H,6-12,14,16-18H2,1-5H3/t20-,21?,23+,25-,26-,27+/m0/s1. The Morgan fingerprint density at radius 2 is 1.78 bits per heavy atom. The molecule has 0 radical (unpaired) electrons. The van der Waals surface area contributed by atoms with Crippen LogP contribution in [-0.2, 0) is 0 Å². The minimum atomic E-state index is 0.470. The summed E-state index contributed by atoms with van der Waals surface area (Å²) in [4.78, 5) is 0.